The second-order valence-electron chi connectivity index (χ2n) is 8.99. The summed E-state index contributed by atoms with van der Waals surface area (Å²) in [5.41, 5.74) is 3.95. The quantitative estimate of drug-likeness (QED) is 0.210. The molecule has 1 heterocycles. The van der Waals surface area contributed by atoms with E-state index < -0.39 is 29.1 Å². The number of hydrogen-bond acceptors (Lipinski definition) is 6. The highest BCUT2D eigenvalue weighted by Crippen LogP contribution is 2.27. The van der Waals surface area contributed by atoms with Crippen LogP contribution in [0.3, 0.4) is 0 Å². The van der Waals surface area contributed by atoms with E-state index in [0.717, 1.165) is 35.0 Å². The van der Waals surface area contributed by atoms with Gasteiger partial charge in [-0.05, 0) is 73.9 Å². The average molecular weight is 548 g/mol. The molecular weight excluding hydrogens is 520 g/mol. The first-order chi connectivity index (χ1) is 19.1. The lowest BCUT2D eigenvalue weighted by Crippen LogP contribution is -2.35. The maximum absolute atomic E-state index is 13.7. The van der Waals surface area contributed by atoms with Crippen LogP contribution in [-0.4, -0.2) is 27.9 Å². The van der Waals surface area contributed by atoms with Gasteiger partial charge >= 0.3 is 6.03 Å². The molecule has 0 aliphatic heterocycles. The fourth-order valence-corrected chi connectivity index (χ4v) is 3.74. The number of nitrogens with zero attached hydrogens (tertiary/aromatic N) is 3. The number of rotatable bonds is 8. The van der Waals surface area contributed by atoms with Gasteiger partial charge in [-0.2, -0.15) is 5.10 Å². The number of aromatic nitrogens is 2. The number of anilines is 1. The second kappa shape index (κ2) is 12.2. The van der Waals surface area contributed by atoms with Crippen LogP contribution in [-0.2, 0) is 18.5 Å². The molecule has 9 nitrogen and oxygen atoms in total. The minimum Gasteiger partial charge on any atom is -0.439 e. The molecule has 0 saturated carbocycles. The summed E-state index contributed by atoms with van der Waals surface area (Å²) in [5, 5.41) is 12.8. The van der Waals surface area contributed by atoms with Crippen LogP contribution in [0.15, 0.2) is 65.8 Å². The zero-order valence-corrected chi connectivity index (χ0v) is 22.3. The monoisotopic (exact) mass is 547 g/mol. The summed E-state index contributed by atoms with van der Waals surface area (Å²) < 4.78 is 35.2. The number of oxime groups is 1. The van der Waals surface area contributed by atoms with Crippen molar-refractivity contribution in [2.24, 2.45) is 12.2 Å². The predicted octanol–water partition coefficient (Wildman–Crippen LogP) is 5.93. The summed E-state index contributed by atoms with van der Waals surface area (Å²) in [5.74, 6) is -2.12. The SMILES string of the molecule is Cc1ccc(Oc2c(/C=N\OCc3ccc(NC(=O)NC(=O)c4c(F)cccc4F)cc3)c(C)nn2C)cc1C. The summed E-state index contributed by atoms with van der Waals surface area (Å²) in [7, 11) is 1.78. The maximum Gasteiger partial charge on any atom is 0.326 e. The third kappa shape index (κ3) is 6.68. The van der Waals surface area contributed by atoms with Crippen LogP contribution in [0.4, 0.5) is 19.3 Å². The fraction of sp³-hybridized carbons (Fsp3) is 0.172. The van der Waals surface area contributed by atoms with Crippen LogP contribution < -0.4 is 15.4 Å². The van der Waals surface area contributed by atoms with Gasteiger partial charge in [0.2, 0.25) is 5.88 Å². The number of imide groups is 1. The Morgan fingerprint density at radius 3 is 2.38 bits per heavy atom. The summed E-state index contributed by atoms with van der Waals surface area (Å²) in [6, 6.07) is 14.4. The molecule has 4 aromatic rings. The number of carbonyl (C=O) groups is 2. The lowest BCUT2D eigenvalue weighted by atomic mass is 10.1. The number of halogens is 2. The van der Waals surface area contributed by atoms with Crippen molar-refractivity contribution in [3.8, 4) is 11.6 Å². The molecule has 0 saturated heterocycles. The molecule has 0 aliphatic carbocycles. The molecule has 11 heteroatoms. The summed E-state index contributed by atoms with van der Waals surface area (Å²) >= 11 is 0. The van der Waals surface area contributed by atoms with Crippen molar-refractivity contribution in [3.05, 3.63) is 106 Å². The van der Waals surface area contributed by atoms with E-state index in [4.69, 9.17) is 9.57 Å². The third-order valence-corrected chi connectivity index (χ3v) is 6.02. The van der Waals surface area contributed by atoms with E-state index in [1.54, 1.807) is 36.0 Å². The van der Waals surface area contributed by atoms with E-state index in [0.29, 0.717) is 22.9 Å². The van der Waals surface area contributed by atoms with Gasteiger partial charge in [-0.15, -0.1) is 0 Å². The molecule has 4 rings (SSSR count). The minimum absolute atomic E-state index is 0.140. The molecule has 40 heavy (non-hydrogen) atoms. The van der Waals surface area contributed by atoms with Crippen molar-refractivity contribution in [2.45, 2.75) is 27.4 Å². The zero-order chi connectivity index (χ0) is 28.8. The molecule has 0 atom stereocenters. The van der Waals surface area contributed by atoms with E-state index in [-0.39, 0.29) is 6.61 Å². The molecule has 1 aromatic heterocycles. The van der Waals surface area contributed by atoms with Gasteiger partial charge in [-0.25, -0.2) is 18.3 Å². The number of nitrogens with one attached hydrogen (secondary N) is 2. The number of hydrogen-bond donors (Lipinski definition) is 2. The molecule has 0 unspecified atom stereocenters. The van der Waals surface area contributed by atoms with Gasteiger partial charge in [0.1, 0.15) is 29.6 Å². The van der Waals surface area contributed by atoms with Gasteiger partial charge in [-0.3, -0.25) is 10.1 Å². The Morgan fingerprint density at radius 1 is 1.00 bits per heavy atom. The average Bonchev–Trinajstić information content (AvgIpc) is 3.16. The van der Waals surface area contributed by atoms with Gasteiger partial charge in [0.15, 0.2) is 0 Å². The highest BCUT2D eigenvalue weighted by molar-refractivity contribution is 6.08. The predicted molar refractivity (Wildman–Crippen MR) is 146 cm³/mol. The number of benzene rings is 3. The van der Waals surface area contributed by atoms with E-state index >= 15 is 0 Å². The second-order valence-corrected chi connectivity index (χ2v) is 8.99. The number of aryl methyl sites for hydroxylation is 4. The minimum atomic E-state index is -1.19. The molecule has 3 amide bonds. The number of carbonyl (C=O) groups excluding carboxylic acids is 2. The van der Waals surface area contributed by atoms with Crippen molar-refractivity contribution in [3.63, 3.8) is 0 Å². The van der Waals surface area contributed by atoms with Crippen LogP contribution in [0.5, 0.6) is 11.6 Å². The molecule has 0 bridgehead atoms. The first-order valence-corrected chi connectivity index (χ1v) is 12.2. The van der Waals surface area contributed by atoms with Gasteiger partial charge < -0.3 is 14.9 Å². The van der Waals surface area contributed by atoms with E-state index in [1.807, 2.05) is 44.3 Å². The van der Waals surface area contributed by atoms with Crippen LogP contribution in [0.1, 0.15) is 38.3 Å². The van der Waals surface area contributed by atoms with Crippen molar-refractivity contribution in [2.75, 3.05) is 5.32 Å². The largest absolute Gasteiger partial charge is 0.439 e. The topological polar surface area (TPSA) is 107 Å². The molecular formula is C29H27F2N5O4. The van der Waals surface area contributed by atoms with Crippen molar-refractivity contribution in [1.82, 2.24) is 15.1 Å². The Morgan fingerprint density at radius 2 is 1.70 bits per heavy atom. The highest BCUT2D eigenvalue weighted by atomic mass is 19.1. The van der Waals surface area contributed by atoms with Crippen LogP contribution in [0, 0.1) is 32.4 Å². The Bertz CT molecular complexity index is 1560. The normalized spacial score (nSPS) is 10.9. The number of urea groups is 1. The van der Waals surface area contributed by atoms with Gasteiger partial charge in [0, 0.05) is 12.7 Å². The molecule has 0 aliphatic rings. The summed E-state index contributed by atoms with van der Waals surface area (Å²) in [6.45, 7) is 6.03. The van der Waals surface area contributed by atoms with E-state index in [1.165, 1.54) is 11.8 Å². The smallest absolute Gasteiger partial charge is 0.326 e. The molecule has 206 valence electrons. The van der Waals surface area contributed by atoms with Crippen molar-refractivity contribution in [1.29, 1.82) is 0 Å². The Kier molecular flexibility index (Phi) is 8.53. The van der Waals surface area contributed by atoms with Gasteiger partial charge in [0.25, 0.3) is 5.91 Å². The Balaban J connectivity index is 1.31. The number of ether oxygens (including phenoxy) is 1. The van der Waals surface area contributed by atoms with Crippen molar-refractivity contribution >= 4 is 23.8 Å². The van der Waals surface area contributed by atoms with Crippen LogP contribution in [0.25, 0.3) is 0 Å². The molecule has 0 spiro atoms. The summed E-state index contributed by atoms with van der Waals surface area (Å²) in [6.07, 6.45) is 1.54. The van der Waals surface area contributed by atoms with Gasteiger partial charge in [-0.1, -0.05) is 29.4 Å². The lowest BCUT2D eigenvalue weighted by molar-refractivity contribution is 0.0959. The van der Waals surface area contributed by atoms with E-state index in [9.17, 15) is 18.4 Å². The van der Waals surface area contributed by atoms with Gasteiger partial charge in [0.05, 0.1) is 17.5 Å². The molecule has 2 N–H and O–H groups in total. The Hall–Kier alpha value is -5.06. The standard InChI is InChI=1S/C29H27F2N5O4/c1-17-8-13-22(14-18(17)2)40-28-23(19(3)35-36(28)4)15-32-39-16-20-9-11-21(12-10-20)33-29(38)34-27(37)26-24(30)6-5-7-25(26)31/h5-15H,16H2,1-4H3,(H2,33,34,37,38)/b32-15-. The first-order valence-electron chi connectivity index (χ1n) is 12.2. The molecule has 3 aromatic carbocycles. The Labute approximate surface area is 229 Å². The zero-order valence-electron chi connectivity index (χ0n) is 22.3. The molecule has 0 fully saturated rings. The highest BCUT2D eigenvalue weighted by Gasteiger charge is 2.19. The van der Waals surface area contributed by atoms with Crippen molar-refractivity contribution < 1.29 is 27.9 Å². The van der Waals surface area contributed by atoms with Crippen LogP contribution >= 0.6 is 0 Å². The fourth-order valence-electron chi connectivity index (χ4n) is 3.74. The van der Waals surface area contributed by atoms with E-state index in [2.05, 4.69) is 15.6 Å². The molecule has 0 radical (unpaired) electrons. The maximum atomic E-state index is 13.7. The third-order valence-electron chi connectivity index (χ3n) is 6.02. The first kappa shape index (κ1) is 28.0. The van der Waals surface area contributed by atoms with Crippen LogP contribution in [0.2, 0.25) is 0 Å². The number of amides is 3. The lowest BCUT2D eigenvalue weighted by Gasteiger charge is -2.09. The summed E-state index contributed by atoms with van der Waals surface area (Å²) in [4.78, 5) is 29.6.